The van der Waals surface area contributed by atoms with Crippen LogP contribution in [0.15, 0.2) is 12.1 Å². The number of carboxylic acid groups (broad SMARTS) is 1. The molecule has 1 atom stereocenters. The van der Waals surface area contributed by atoms with E-state index in [9.17, 15) is 4.79 Å². The molecule has 1 unspecified atom stereocenters. The molecule has 0 aliphatic rings. The molecule has 1 aromatic rings. The van der Waals surface area contributed by atoms with Crippen molar-refractivity contribution in [2.24, 2.45) is 5.92 Å². The Hall–Kier alpha value is -0.970. The van der Waals surface area contributed by atoms with Crippen LogP contribution in [0.3, 0.4) is 0 Å². The molecule has 0 spiro atoms. The summed E-state index contributed by atoms with van der Waals surface area (Å²) < 4.78 is 5.07. The van der Waals surface area contributed by atoms with Crippen molar-refractivity contribution < 1.29 is 14.6 Å². The molecule has 1 rings (SSSR count). The fourth-order valence-corrected chi connectivity index (χ4v) is 2.58. The maximum absolute atomic E-state index is 11.2. The first kappa shape index (κ1) is 17.1. The number of benzene rings is 1. The predicted molar refractivity (Wildman–Crippen MR) is 80.7 cm³/mol. The van der Waals surface area contributed by atoms with Crippen LogP contribution in [0.2, 0.25) is 10.0 Å². The van der Waals surface area contributed by atoms with E-state index in [0.717, 1.165) is 5.56 Å². The van der Waals surface area contributed by atoms with Crippen LogP contribution in [0.25, 0.3) is 0 Å². The standard InChI is InChI=1S/C14H19Cl2NO3/c1-8(2)4-12(14(18)19)17-7-9-5-10(15)13(20-3)11(16)6-9/h5-6,8,12,17H,4,7H2,1-3H3,(H,18,19). The molecule has 0 bridgehead atoms. The summed E-state index contributed by atoms with van der Waals surface area (Å²) in [5.74, 6) is -0.134. The SMILES string of the molecule is COc1c(Cl)cc(CNC(CC(C)C)C(=O)O)cc1Cl. The van der Waals surface area contributed by atoms with E-state index in [-0.39, 0.29) is 0 Å². The summed E-state index contributed by atoms with van der Waals surface area (Å²) in [6.45, 7) is 4.35. The van der Waals surface area contributed by atoms with Crippen molar-refractivity contribution in [1.29, 1.82) is 0 Å². The molecule has 0 saturated carbocycles. The minimum Gasteiger partial charge on any atom is -0.494 e. The summed E-state index contributed by atoms with van der Waals surface area (Å²) in [7, 11) is 1.49. The molecule has 0 saturated heterocycles. The normalized spacial score (nSPS) is 12.5. The summed E-state index contributed by atoms with van der Waals surface area (Å²) in [5, 5.41) is 13.0. The average Bonchev–Trinajstić information content (AvgIpc) is 2.33. The quantitative estimate of drug-likeness (QED) is 0.806. The van der Waals surface area contributed by atoms with E-state index < -0.39 is 12.0 Å². The maximum Gasteiger partial charge on any atom is 0.320 e. The summed E-state index contributed by atoms with van der Waals surface area (Å²) in [6.07, 6.45) is 0.562. The third kappa shape index (κ3) is 4.85. The average molecular weight is 320 g/mol. The first-order valence-electron chi connectivity index (χ1n) is 6.33. The zero-order chi connectivity index (χ0) is 15.3. The summed E-state index contributed by atoms with van der Waals surface area (Å²) in [6, 6.07) is 2.84. The van der Waals surface area contributed by atoms with Gasteiger partial charge in [0.1, 0.15) is 6.04 Å². The van der Waals surface area contributed by atoms with E-state index >= 15 is 0 Å². The van der Waals surface area contributed by atoms with Crippen LogP contribution >= 0.6 is 23.2 Å². The van der Waals surface area contributed by atoms with E-state index in [4.69, 9.17) is 33.0 Å². The third-order valence-electron chi connectivity index (χ3n) is 2.82. The van der Waals surface area contributed by atoms with Crippen molar-refractivity contribution in [3.8, 4) is 5.75 Å². The Bertz CT molecular complexity index is 454. The Labute approximate surface area is 129 Å². The highest BCUT2D eigenvalue weighted by Gasteiger charge is 2.18. The topological polar surface area (TPSA) is 58.6 Å². The first-order valence-corrected chi connectivity index (χ1v) is 7.08. The lowest BCUT2D eigenvalue weighted by Gasteiger charge is -2.17. The number of aliphatic carboxylic acids is 1. The number of halogens is 2. The lowest BCUT2D eigenvalue weighted by atomic mass is 10.0. The van der Waals surface area contributed by atoms with E-state index in [0.29, 0.717) is 34.7 Å². The maximum atomic E-state index is 11.2. The van der Waals surface area contributed by atoms with Crippen LogP contribution in [-0.2, 0) is 11.3 Å². The fraction of sp³-hybridized carbons (Fsp3) is 0.500. The fourth-order valence-electron chi connectivity index (χ4n) is 1.89. The first-order chi connectivity index (χ1) is 9.35. The largest absolute Gasteiger partial charge is 0.494 e. The Morgan fingerprint density at radius 3 is 2.30 bits per heavy atom. The molecule has 20 heavy (non-hydrogen) atoms. The molecule has 0 radical (unpaired) electrons. The predicted octanol–water partition coefficient (Wildman–Crippen LogP) is 3.59. The van der Waals surface area contributed by atoms with Crippen molar-refractivity contribution in [1.82, 2.24) is 5.32 Å². The van der Waals surface area contributed by atoms with Gasteiger partial charge < -0.3 is 15.2 Å². The minimum absolute atomic E-state index is 0.298. The van der Waals surface area contributed by atoms with Crippen molar-refractivity contribution in [3.05, 3.63) is 27.7 Å². The van der Waals surface area contributed by atoms with E-state index in [1.54, 1.807) is 12.1 Å². The second kappa shape index (κ2) is 7.72. The molecule has 6 heteroatoms. The highest BCUT2D eigenvalue weighted by Crippen LogP contribution is 2.33. The number of rotatable bonds is 7. The molecule has 0 aromatic heterocycles. The van der Waals surface area contributed by atoms with Gasteiger partial charge in [0.15, 0.2) is 5.75 Å². The molecule has 0 aliphatic carbocycles. The lowest BCUT2D eigenvalue weighted by Crippen LogP contribution is -2.37. The van der Waals surface area contributed by atoms with Crippen molar-refractivity contribution >= 4 is 29.2 Å². The summed E-state index contributed by atoms with van der Waals surface area (Å²) >= 11 is 12.1. The highest BCUT2D eigenvalue weighted by atomic mass is 35.5. The lowest BCUT2D eigenvalue weighted by molar-refractivity contribution is -0.140. The Kier molecular flexibility index (Phi) is 6.59. The Morgan fingerprint density at radius 2 is 1.90 bits per heavy atom. The van der Waals surface area contributed by atoms with Crippen LogP contribution in [0.1, 0.15) is 25.8 Å². The molecule has 2 N–H and O–H groups in total. The number of nitrogens with one attached hydrogen (secondary N) is 1. The molecular formula is C14H19Cl2NO3. The van der Waals surface area contributed by atoms with Crippen LogP contribution < -0.4 is 10.1 Å². The van der Waals surface area contributed by atoms with Gasteiger partial charge in [0, 0.05) is 6.54 Å². The van der Waals surface area contributed by atoms with Crippen LogP contribution in [0.5, 0.6) is 5.75 Å². The van der Waals surface area contributed by atoms with Crippen LogP contribution in [0.4, 0.5) is 0 Å². The Balaban J connectivity index is 2.76. The van der Waals surface area contributed by atoms with Gasteiger partial charge in [-0.1, -0.05) is 37.0 Å². The number of methoxy groups -OCH3 is 1. The summed E-state index contributed by atoms with van der Waals surface area (Å²) in [5.41, 5.74) is 0.816. The van der Waals surface area contributed by atoms with Gasteiger partial charge in [-0.15, -0.1) is 0 Å². The highest BCUT2D eigenvalue weighted by molar-refractivity contribution is 6.37. The van der Waals surface area contributed by atoms with Gasteiger partial charge >= 0.3 is 5.97 Å². The number of carbonyl (C=O) groups is 1. The van der Waals surface area contributed by atoms with E-state index in [1.165, 1.54) is 7.11 Å². The molecule has 0 aliphatic heterocycles. The van der Waals surface area contributed by atoms with Gasteiger partial charge in [-0.05, 0) is 30.0 Å². The molecule has 0 fully saturated rings. The van der Waals surface area contributed by atoms with Gasteiger partial charge in [-0.25, -0.2) is 0 Å². The van der Waals surface area contributed by atoms with Crippen molar-refractivity contribution in [2.45, 2.75) is 32.9 Å². The minimum atomic E-state index is -0.857. The van der Waals surface area contributed by atoms with Gasteiger partial charge in [0.05, 0.1) is 17.2 Å². The molecule has 112 valence electrons. The third-order valence-corrected chi connectivity index (χ3v) is 3.38. The van der Waals surface area contributed by atoms with Gasteiger partial charge in [-0.2, -0.15) is 0 Å². The second-order valence-electron chi connectivity index (χ2n) is 4.99. The van der Waals surface area contributed by atoms with Crippen LogP contribution in [0, 0.1) is 5.92 Å². The molecule has 4 nitrogen and oxygen atoms in total. The zero-order valence-electron chi connectivity index (χ0n) is 11.7. The molecule has 1 aromatic carbocycles. The molecule has 0 amide bonds. The van der Waals surface area contributed by atoms with Gasteiger partial charge in [0.2, 0.25) is 0 Å². The van der Waals surface area contributed by atoms with Gasteiger partial charge in [0.25, 0.3) is 0 Å². The van der Waals surface area contributed by atoms with E-state index in [1.807, 2.05) is 13.8 Å². The van der Waals surface area contributed by atoms with Crippen molar-refractivity contribution in [3.63, 3.8) is 0 Å². The zero-order valence-corrected chi connectivity index (χ0v) is 13.3. The molecule has 0 heterocycles. The molecular weight excluding hydrogens is 301 g/mol. The Morgan fingerprint density at radius 1 is 1.35 bits per heavy atom. The van der Waals surface area contributed by atoms with Crippen molar-refractivity contribution in [2.75, 3.05) is 7.11 Å². The number of ether oxygens (including phenoxy) is 1. The monoisotopic (exact) mass is 319 g/mol. The van der Waals surface area contributed by atoms with E-state index in [2.05, 4.69) is 5.32 Å². The smallest absolute Gasteiger partial charge is 0.320 e. The second-order valence-corrected chi connectivity index (χ2v) is 5.81. The number of hydrogen-bond acceptors (Lipinski definition) is 3. The number of hydrogen-bond donors (Lipinski definition) is 2. The number of carboxylic acids is 1. The van der Waals surface area contributed by atoms with Crippen LogP contribution in [-0.4, -0.2) is 24.2 Å². The van der Waals surface area contributed by atoms with Gasteiger partial charge in [-0.3, -0.25) is 4.79 Å². The summed E-state index contributed by atoms with van der Waals surface area (Å²) in [4.78, 5) is 11.2.